The molecule has 0 aromatic heterocycles. The van der Waals surface area contributed by atoms with Crippen LogP contribution >= 0.6 is 0 Å². The Bertz CT molecular complexity index is 497. The first-order chi connectivity index (χ1) is 9.43. The molecule has 0 amide bonds. The van der Waals surface area contributed by atoms with Gasteiger partial charge in [-0.05, 0) is 37.8 Å². The molecule has 0 fully saturated rings. The number of hydrogen-bond donors (Lipinski definition) is 1. The van der Waals surface area contributed by atoms with Gasteiger partial charge < -0.3 is 5.11 Å². The van der Waals surface area contributed by atoms with Gasteiger partial charge in [-0.1, -0.05) is 31.5 Å². The third-order valence-corrected chi connectivity index (χ3v) is 4.19. The molecule has 1 aromatic carbocycles. The first-order valence-corrected chi connectivity index (χ1v) is 7.50. The summed E-state index contributed by atoms with van der Waals surface area (Å²) in [4.78, 5) is 2.33. The van der Waals surface area contributed by atoms with Gasteiger partial charge in [0.05, 0.1) is 6.61 Å². The zero-order chi connectivity index (χ0) is 14.9. The van der Waals surface area contributed by atoms with Crippen molar-refractivity contribution in [3.05, 3.63) is 28.8 Å². The third-order valence-electron chi connectivity index (χ3n) is 4.19. The van der Waals surface area contributed by atoms with E-state index in [0.29, 0.717) is 5.92 Å². The summed E-state index contributed by atoms with van der Waals surface area (Å²) in [5.41, 5.74) is 5.28. The fraction of sp³-hybridized carbons (Fsp3) is 0.588. The number of aliphatic hydroxyl groups is 1. The number of anilines is 1. The van der Waals surface area contributed by atoms with Gasteiger partial charge in [-0.25, -0.2) is 4.90 Å². The first kappa shape index (κ1) is 15.0. The second-order valence-electron chi connectivity index (χ2n) is 6.29. The summed E-state index contributed by atoms with van der Waals surface area (Å²) < 4.78 is 2.28. The number of aryl methyl sites for hydroxylation is 3. The Morgan fingerprint density at radius 2 is 1.80 bits per heavy atom. The minimum atomic E-state index is 0.214. The zero-order valence-electron chi connectivity index (χ0n) is 13.3. The lowest BCUT2D eigenvalue weighted by Crippen LogP contribution is -2.34. The molecule has 1 aliphatic heterocycles. The second-order valence-corrected chi connectivity index (χ2v) is 6.29. The Hall–Kier alpha value is -1.35. The van der Waals surface area contributed by atoms with Crippen molar-refractivity contribution < 1.29 is 9.68 Å². The lowest BCUT2D eigenvalue weighted by atomic mass is 10.0. The molecule has 0 unspecified atom stereocenters. The van der Waals surface area contributed by atoms with E-state index in [4.69, 9.17) is 0 Å². The Labute approximate surface area is 122 Å². The van der Waals surface area contributed by atoms with Gasteiger partial charge in [0.2, 0.25) is 6.34 Å². The maximum atomic E-state index is 9.58. The van der Waals surface area contributed by atoms with Crippen LogP contribution in [0.15, 0.2) is 12.1 Å². The normalized spacial score (nSPS) is 16.8. The smallest absolute Gasteiger partial charge is 0.239 e. The van der Waals surface area contributed by atoms with Crippen LogP contribution in [0, 0.1) is 26.7 Å². The number of aliphatic hydroxyl groups excluding tert-OH is 1. The van der Waals surface area contributed by atoms with Crippen LogP contribution in [0.5, 0.6) is 0 Å². The summed E-state index contributed by atoms with van der Waals surface area (Å²) in [6.07, 6.45) is 2.19. The summed E-state index contributed by atoms with van der Waals surface area (Å²) >= 11 is 0. The van der Waals surface area contributed by atoms with E-state index < -0.39 is 0 Å². The average Bonchev–Trinajstić information content (AvgIpc) is 2.77. The number of rotatable bonds is 4. The summed E-state index contributed by atoms with van der Waals surface area (Å²) in [6.45, 7) is 13.0. The van der Waals surface area contributed by atoms with Crippen LogP contribution in [0.1, 0.15) is 30.5 Å². The predicted octanol–water partition coefficient (Wildman–Crippen LogP) is 2.49. The summed E-state index contributed by atoms with van der Waals surface area (Å²) in [6, 6.07) is 4.70. The van der Waals surface area contributed by atoms with E-state index in [0.717, 1.165) is 13.1 Å². The van der Waals surface area contributed by atoms with Gasteiger partial charge in [0.15, 0.2) is 0 Å². The Morgan fingerprint density at radius 3 is 2.30 bits per heavy atom. The van der Waals surface area contributed by atoms with Crippen LogP contribution in [-0.2, 0) is 0 Å². The Morgan fingerprint density at radius 1 is 1.20 bits per heavy atom. The van der Waals surface area contributed by atoms with E-state index in [1.54, 1.807) is 0 Å². The van der Waals surface area contributed by atoms with Crippen LogP contribution in [0.4, 0.5) is 5.69 Å². The van der Waals surface area contributed by atoms with Crippen LogP contribution in [0.25, 0.3) is 0 Å². The van der Waals surface area contributed by atoms with Gasteiger partial charge in [0, 0.05) is 0 Å². The van der Waals surface area contributed by atoms with Crippen molar-refractivity contribution in [1.29, 1.82) is 0 Å². The fourth-order valence-corrected chi connectivity index (χ4v) is 3.26. The van der Waals surface area contributed by atoms with Crippen LogP contribution in [-0.4, -0.2) is 41.8 Å². The van der Waals surface area contributed by atoms with Crippen LogP contribution in [0.2, 0.25) is 0 Å². The third kappa shape index (κ3) is 2.88. The molecule has 0 spiro atoms. The van der Waals surface area contributed by atoms with E-state index in [9.17, 15) is 5.11 Å². The standard InChI is InChI=1S/C17H27N2O/c1-12(2)16(10-20)18-6-7-19(11-18)17-14(4)8-13(3)9-15(17)5/h8-9,11-12,16,20H,6-7,10H2,1-5H3/q+1/t16-/m0/s1. The molecule has 3 nitrogen and oxygen atoms in total. The van der Waals surface area contributed by atoms with E-state index in [-0.39, 0.29) is 12.6 Å². The van der Waals surface area contributed by atoms with Crippen molar-refractivity contribution in [2.24, 2.45) is 5.92 Å². The van der Waals surface area contributed by atoms with Gasteiger partial charge in [-0.2, -0.15) is 0 Å². The van der Waals surface area contributed by atoms with Gasteiger partial charge in [-0.15, -0.1) is 0 Å². The topological polar surface area (TPSA) is 26.5 Å². The van der Waals surface area contributed by atoms with Crippen LogP contribution in [0.3, 0.4) is 0 Å². The molecule has 1 N–H and O–H groups in total. The molecule has 1 atom stereocenters. The molecule has 0 saturated carbocycles. The SMILES string of the molecule is Cc1cc(C)c(N2C=[N+]([C@@H](CO)C(C)C)CC2)c(C)c1. The number of hydrogen-bond acceptors (Lipinski definition) is 2. The molecule has 20 heavy (non-hydrogen) atoms. The van der Waals surface area contributed by atoms with Gasteiger partial charge in [-0.3, -0.25) is 4.58 Å². The summed E-state index contributed by atoms with van der Waals surface area (Å²) in [5, 5.41) is 9.58. The Kier molecular flexibility index (Phi) is 4.48. The number of benzene rings is 1. The zero-order valence-corrected chi connectivity index (χ0v) is 13.3. The van der Waals surface area contributed by atoms with Crippen LogP contribution < -0.4 is 4.90 Å². The first-order valence-electron chi connectivity index (χ1n) is 7.50. The molecule has 2 rings (SSSR count). The molecule has 0 saturated heterocycles. The highest BCUT2D eigenvalue weighted by Crippen LogP contribution is 2.26. The summed E-state index contributed by atoms with van der Waals surface area (Å²) in [5.74, 6) is 0.455. The fourth-order valence-electron chi connectivity index (χ4n) is 3.26. The quantitative estimate of drug-likeness (QED) is 0.855. The Balaban J connectivity index is 2.31. The minimum absolute atomic E-state index is 0.214. The monoisotopic (exact) mass is 275 g/mol. The molecule has 0 radical (unpaired) electrons. The molecular weight excluding hydrogens is 248 g/mol. The van der Waals surface area contributed by atoms with Crippen molar-refractivity contribution in [2.45, 2.75) is 40.7 Å². The molecule has 0 aliphatic carbocycles. The maximum absolute atomic E-state index is 9.58. The highest BCUT2D eigenvalue weighted by molar-refractivity contribution is 5.81. The second kappa shape index (κ2) is 5.96. The van der Waals surface area contributed by atoms with E-state index in [1.165, 1.54) is 22.4 Å². The van der Waals surface area contributed by atoms with Gasteiger partial charge >= 0.3 is 0 Å². The van der Waals surface area contributed by atoms with Crippen molar-refractivity contribution in [1.82, 2.24) is 0 Å². The molecule has 1 aromatic rings. The van der Waals surface area contributed by atoms with Crippen molar-refractivity contribution in [3.8, 4) is 0 Å². The van der Waals surface area contributed by atoms with Gasteiger partial charge in [0.25, 0.3) is 0 Å². The highest BCUT2D eigenvalue weighted by atomic mass is 16.3. The number of nitrogens with zero attached hydrogens (tertiary/aromatic N) is 2. The lowest BCUT2D eigenvalue weighted by molar-refractivity contribution is -0.563. The highest BCUT2D eigenvalue weighted by Gasteiger charge is 2.29. The molecular formula is C17H27N2O+. The van der Waals surface area contributed by atoms with Crippen molar-refractivity contribution in [3.63, 3.8) is 0 Å². The lowest BCUT2D eigenvalue weighted by Gasteiger charge is -2.17. The van der Waals surface area contributed by atoms with Gasteiger partial charge in [0.1, 0.15) is 24.8 Å². The average molecular weight is 275 g/mol. The van der Waals surface area contributed by atoms with E-state index in [2.05, 4.69) is 62.6 Å². The van der Waals surface area contributed by atoms with E-state index >= 15 is 0 Å². The largest absolute Gasteiger partial charge is 0.392 e. The molecule has 1 aliphatic rings. The molecule has 1 heterocycles. The summed E-state index contributed by atoms with van der Waals surface area (Å²) in [7, 11) is 0. The maximum Gasteiger partial charge on any atom is 0.239 e. The van der Waals surface area contributed by atoms with Crippen molar-refractivity contribution >= 4 is 12.0 Å². The predicted molar refractivity (Wildman–Crippen MR) is 84.9 cm³/mol. The minimum Gasteiger partial charge on any atom is -0.392 e. The molecule has 3 heteroatoms. The van der Waals surface area contributed by atoms with E-state index in [1.807, 2.05) is 0 Å². The molecule has 110 valence electrons. The molecule has 0 bridgehead atoms. The van der Waals surface area contributed by atoms with Crippen molar-refractivity contribution in [2.75, 3.05) is 24.6 Å².